The van der Waals surface area contributed by atoms with Crippen molar-refractivity contribution in [3.8, 4) is 5.75 Å². The quantitative estimate of drug-likeness (QED) is 0.687. The number of benzene rings is 1. The van der Waals surface area contributed by atoms with E-state index >= 15 is 0 Å². The zero-order valence-electron chi connectivity index (χ0n) is 10.4. The van der Waals surface area contributed by atoms with Gasteiger partial charge in [0.1, 0.15) is 11.4 Å². The largest absolute Gasteiger partial charge is 0.508 e. The highest BCUT2D eigenvalue weighted by Crippen LogP contribution is 2.26. The second-order valence-electron chi connectivity index (χ2n) is 4.57. The van der Waals surface area contributed by atoms with Crippen molar-refractivity contribution in [1.82, 2.24) is 9.38 Å². The Hall–Kier alpha value is -2.07. The number of aromatic nitrogens is 2. The van der Waals surface area contributed by atoms with Gasteiger partial charge >= 0.3 is 0 Å². The summed E-state index contributed by atoms with van der Waals surface area (Å²) in [5.74, 6) is 0.253. The molecule has 2 heterocycles. The van der Waals surface area contributed by atoms with E-state index in [0.29, 0.717) is 6.54 Å². The first kappa shape index (κ1) is 11.0. The molecule has 0 unspecified atom stereocenters. The van der Waals surface area contributed by atoms with Crippen LogP contribution < -0.4 is 5.73 Å². The summed E-state index contributed by atoms with van der Waals surface area (Å²) in [6, 6.07) is 7.43. The summed E-state index contributed by atoms with van der Waals surface area (Å²) in [6.45, 7) is 4.44. The third-order valence-electron chi connectivity index (χ3n) is 3.38. The van der Waals surface area contributed by atoms with E-state index in [2.05, 4.69) is 4.98 Å². The van der Waals surface area contributed by atoms with Gasteiger partial charge in [0.2, 0.25) is 0 Å². The molecular formula is C14H15N3O. The molecule has 4 nitrogen and oxygen atoms in total. The van der Waals surface area contributed by atoms with Gasteiger partial charge in [0.25, 0.3) is 0 Å². The fraction of sp³-hybridized carbons (Fsp3) is 0.214. The maximum absolute atomic E-state index is 9.69. The molecule has 0 saturated heterocycles. The lowest BCUT2D eigenvalue weighted by Crippen LogP contribution is -2.03. The van der Waals surface area contributed by atoms with Crippen LogP contribution in [-0.2, 0) is 6.54 Å². The Labute approximate surface area is 105 Å². The summed E-state index contributed by atoms with van der Waals surface area (Å²) < 4.78 is 2.03. The van der Waals surface area contributed by atoms with E-state index in [1.807, 2.05) is 30.4 Å². The molecule has 1 aromatic carbocycles. The molecule has 0 aliphatic carbocycles. The molecule has 0 amide bonds. The summed E-state index contributed by atoms with van der Waals surface area (Å²) in [4.78, 5) is 4.53. The molecule has 3 rings (SSSR count). The van der Waals surface area contributed by atoms with E-state index in [1.165, 1.54) is 0 Å². The number of aromatic hydroxyl groups is 1. The molecule has 4 heteroatoms. The van der Waals surface area contributed by atoms with Gasteiger partial charge in [0.05, 0.1) is 16.9 Å². The fourth-order valence-electron chi connectivity index (χ4n) is 2.50. The van der Waals surface area contributed by atoms with E-state index in [-0.39, 0.29) is 5.75 Å². The molecule has 18 heavy (non-hydrogen) atoms. The van der Waals surface area contributed by atoms with Crippen LogP contribution in [0.4, 0.5) is 0 Å². The van der Waals surface area contributed by atoms with Crippen molar-refractivity contribution in [1.29, 1.82) is 0 Å². The first-order valence-corrected chi connectivity index (χ1v) is 5.92. The molecule has 3 aromatic rings. The molecule has 3 N–H and O–H groups in total. The minimum Gasteiger partial charge on any atom is -0.508 e. The van der Waals surface area contributed by atoms with E-state index in [4.69, 9.17) is 5.73 Å². The van der Waals surface area contributed by atoms with E-state index in [1.54, 1.807) is 12.1 Å². The number of aryl methyl sites for hydroxylation is 2. The van der Waals surface area contributed by atoms with Gasteiger partial charge in [-0.2, -0.15) is 0 Å². The highest BCUT2D eigenvalue weighted by atomic mass is 16.3. The minimum atomic E-state index is 0.253. The van der Waals surface area contributed by atoms with Gasteiger partial charge in [0.15, 0.2) is 0 Å². The highest BCUT2D eigenvalue weighted by Gasteiger charge is 2.12. The van der Waals surface area contributed by atoms with Crippen LogP contribution in [-0.4, -0.2) is 14.5 Å². The molecule has 0 spiro atoms. The van der Waals surface area contributed by atoms with Gasteiger partial charge < -0.3 is 10.8 Å². The van der Waals surface area contributed by atoms with Gasteiger partial charge in [0, 0.05) is 18.0 Å². The Balaban J connectivity index is 2.60. The number of imidazole rings is 1. The number of rotatable bonds is 1. The van der Waals surface area contributed by atoms with Gasteiger partial charge in [-0.15, -0.1) is 0 Å². The zero-order chi connectivity index (χ0) is 12.9. The second kappa shape index (κ2) is 3.71. The number of phenolic OH excluding ortho intramolecular Hbond substituents is 1. The number of fused-ring (bicyclic) bond motifs is 3. The number of pyridine rings is 1. The average Bonchev–Trinajstić information content (AvgIpc) is 2.64. The lowest BCUT2D eigenvalue weighted by Gasteiger charge is -2.08. The number of hydrogen-bond donors (Lipinski definition) is 2. The standard InChI is InChI=1S/C14H15N3O/c1-8-5-14-16-9(2)13(7-15)17(14)12-6-10(18)3-4-11(8)12/h3-6,18H,7,15H2,1-2H3. The Morgan fingerprint density at radius 2 is 2.06 bits per heavy atom. The van der Waals surface area contributed by atoms with Crippen LogP contribution in [0.25, 0.3) is 16.6 Å². The van der Waals surface area contributed by atoms with Crippen molar-refractivity contribution in [2.45, 2.75) is 20.4 Å². The first-order valence-electron chi connectivity index (χ1n) is 5.92. The van der Waals surface area contributed by atoms with E-state index in [0.717, 1.165) is 33.5 Å². The summed E-state index contributed by atoms with van der Waals surface area (Å²) in [5, 5.41) is 10.8. The van der Waals surface area contributed by atoms with Gasteiger partial charge in [-0.05, 0) is 37.6 Å². The third kappa shape index (κ3) is 1.39. The van der Waals surface area contributed by atoms with Crippen LogP contribution in [0.3, 0.4) is 0 Å². The normalized spacial score (nSPS) is 11.5. The topological polar surface area (TPSA) is 63.5 Å². The Kier molecular flexibility index (Phi) is 2.28. The molecule has 0 aliphatic rings. The molecule has 0 bridgehead atoms. The van der Waals surface area contributed by atoms with Gasteiger partial charge in [-0.3, -0.25) is 4.40 Å². The summed E-state index contributed by atoms with van der Waals surface area (Å²) in [5.41, 5.74) is 10.7. The fourth-order valence-corrected chi connectivity index (χ4v) is 2.50. The summed E-state index contributed by atoms with van der Waals surface area (Å²) in [6.07, 6.45) is 0. The Bertz CT molecular complexity index is 759. The SMILES string of the molecule is Cc1nc2cc(C)c3ccc(O)cc3n2c1CN. The monoisotopic (exact) mass is 241 g/mol. The smallest absolute Gasteiger partial charge is 0.138 e. The molecule has 2 aromatic heterocycles. The zero-order valence-corrected chi connectivity index (χ0v) is 10.4. The van der Waals surface area contributed by atoms with Crippen molar-refractivity contribution in [3.63, 3.8) is 0 Å². The summed E-state index contributed by atoms with van der Waals surface area (Å²) >= 11 is 0. The van der Waals surface area contributed by atoms with Crippen molar-refractivity contribution in [3.05, 3.63) is 41.2 Å². The maximum Gasteiger partial charge on any atom is 0.138 e. The Morgan fingerprint density at radius 3 is 2.78 bits per heavy atom. The highest BCUT2D eigenvalue weighted by molar-refractivity contribution is 5.87. The Morgan fingerprint density at radius 1 is 1.28 bits per heavy atom. The molecule has 0 saturated carbocycles. The predicted molar refractivity (Wildman–Crippen MR) is 71.7 cm³/mol. The van der Waals surface area contributed by atoms with Crippen LogP contribution in [0.1, 0.15) is 17.0 Å². The van der Waals surface area contributed by atoms with Crippen molar-refractivity contribution >= 4 is 16.6 Å². The van der Waals surface area contributed by atoms with Crippen LogP contribution in [0.2, 0.25) is 0 Å². The molecule has 0 radical (unpaired) electrons. The predicted octanol–water partition coefficient (Wildman–Crippen LogP) is 2.27. The third-order valence-corrected chi connectivity index (χ3v) is 3.38. The van der Waals surface area contributed by atoms with Crippen LogP contribution >= 0.6 is 0 Å². The number of phenols is 1. The lowest BCUT2D eigenvalue weighted by molar-refractivity contribution is 0.476. The number of hydrogen-bond acceptors (Lipinski definition) is 3. The van der Waals surface area contributed by atoms with Crippen molar-refractivity contribution < 1.29 is 5.11 Å². The van der Waals surface area contributed by atoms with Gasteiger partial charge in [-0.25, -0.2) is 4.98 Å². The lowest BCUT2D eigenvalue weighted by atomic mass is 10.1. The maximum atomic E-state index is 9.69. The average molecular weight is 241 g/mol. The molecule has 0 atom stereocenters. The van der Waals surface area contributed by atoms with E-state index < -0.39 is 0 Å². The van der Waals surface area contributed by atoms with Crippen LogP contribution in [0, 0.1) is 13.8 Å². The minimum absolute atomic E-state index is 0.253. The first-order chi connectivity index (χ1) is 8.61. The second-order valence-corrected chi connectivity index (χ2v) is 4.57. The molecule has 0 fully saturated rings. The van der Waals surface area contributed by atoms with Crippen molar-refractivity contribution in [2.75, 3.05) is 0 Å². The molecule has 92 valence electrons. The molecule has 0 aliphatic heterocycles. The molecular weight excluding hydrogens is 226 g/mol. The van der Waals surface area contributed by atoms with Crippen LogP contribution in [0.5, 0.6) is 5.75 Å². The van der Waals surface area contributed by atoms with Crippen LogP contribution in [0.15, 0.2) is 24.3 Å². The van der Waals surface area contributed by atoms with Crippen molar-refractivity contribution in [2.24, 2.45) is 5.73 Å². The summed E-state index contributed by atoms with van der Waals surface area (Å²) in [7, 11) is 0. The number of nitrogens with zero attached hydrogens (tertiary/aromatic N) is 2. The number of nitrogens with two attached hydrogens (primary N) is 1. The van der Waals surface area contributed by atoms with E-state index in [9.17, 15) is 5.11 Å². The van der Waals surface area contributed by atoms with Gasteiger partial charge in [-0.1, -0.05) is 0 Å².